The molecule has 0 N–H and O–H groups in total. The molecular formula is C14H17F4NOS. The van der Waals surface area contributed by atoms with Crippen LogP contribution in [0.5, 0.6) is 0 Å². The Labute approximate surface area is 125 Å². The van der Waals surface area contributed by atoms with Crippen molar-refractivity contribution in [2.24, 2.45) is 0 Å². The van der Waals surface area contributed by atoms with Gasteiger partial charge in [-0.3, -0.25) is 4.79 Å². The van der Waals surface area contributed by atoms with Crippen molar-refractivity contribution in [3.8, 4) is 0 Å². The van der Waals surface area contributed by atoms with E-state index in [-0.39, 0.29) is 11.6 Å². The fraction of sp³-hybridized carbons (Fsp3) is 0.500. The third-order valence-corrected chi connectivity index (χ3v) is 3.94. The number of amides is 1. The molecule has 1 atom stereocenters. The highest BCUT2D eigenvalue weighted by atomic mass is 32.2. The molecule has 0 aromatic heterocycles. The molecule has 1 rings (SSSR count). The van der Waals surface area contributed by atoms with Crippen molar-refractivity contribution in [1.82, 2.24) is 4.90 Å². The summed E-state index contributed by atoms with van der Waals surface area (Å²) in [5.41, 5.74) is -1.58. The molecule has 0 radical (unpaired) electrons. The van der Waals surface area contributed by atoms with Gasteiger partial charge < -0.3 is 4.90 Å². The molecular weight excluding hydrogens is 306 g/mol. The molecule has 0 saturated heterocycles. The summed E-state index contributed by atoms with van der Waals surface area (Å²) in [6, 6.07) is 2.25. The molecule has 7 heteroatoms. The van der Waals surface area contributed by atoms with Crippen LogP contribution in [0.1, 0.15) is 29.3 Å². The van der Waals surface area contributed by atoms with E-state index in [9.17, 15) is 22.4 Å². The summed E-state index contributed by atoms with van der Waals surface area (Å²) < 4.78 is 51.2. The minimum Gasteiger partial charge on any atom is -0.338 e. The lowest BCUT2D eigenvalue weighted by molar-refractivity contribution is -0.140. The van der Waals surface area contributed by atoms with Crippen LogP contribution in [0.15, 0.2) is 18.2 Å². The SMILES string of the molecule is CCC(CSC)N(C)C(=O)c1ccc(F)c(C(F)(F)F)c1. The normalized spacial score (nSPS) is 13.1. The third-order valence-electron chi connectivity index (χ3n) is 3.22. The number of carbonyl (C=O) groups is 1. The van der Waals surface area contributed by atoms with Gasteiger partial charge in [0.25, 0.3) is 5.91 Å². The van der Waals surface area contributed by atoms with E-state index in [0.717, 1.165) is 6.07 Å². The molecule has 0 aliphatic carbocycles. The Morgan fingerprint density at radius 2 is 2.00 bits per heavy atom. The Hall–Kier alpha value is -1.24. The third kappa shape index (κ3) is 4.36. The van der Waals surface area contributed by atoms with Gasteiger partial charge in [-0.15, -0.1) is 0 Å². The van der Waals surface area contributed by atoms with E-state index in [2.05, 4.69) is 0 Å². The molecule has 0 spiro atoms. The quantitative estimate of drug-likeness (QED) is 0.762. The summed E-state index contributed by atoms with van der Waals surface area (Å²) in [5, 5.41) is 0. The van der Waals surface area contributed by atoms with Crippen LogP contribution in [0.2, 0.25) is 0 Å². The Kier molecular flexibility index (Phi) is 6.07. The molecule has 0 aliphatic rings. The number of alkyl halides is 3. The summed E-state index contributed by atoms with van der Waals surface area (Å²) in [5.74, 6) is -1.23. The van der Waals surface area contributed by atoms with Crippen LogP contribution in [0.3, 0.4) is 0 Å². The minimum absolute atomic E-state index is 0.0770. The van der Waals surface area contributed by atoms with Gasteiger partial charge >= 0.3 is 6.18 Å². The van der Waals surface area contributed by atoms with E-state index < -0.39 is 23.5 Å². The summed E-state index contributed by atoms with van der Waals surface area (Å²) >= 11 is 1.55. The van der Waals surface area contributed by atoms with E-state index in [0.29, 0.717) is 24.3 Å². The molecule has 1 amide bonds. The maximum Gasteiger partial charge on any atom is 0.419 e. The molecule has 1 unspecified atom stereocenters. The second kappa shape index (κ2) is 7.15. The Bertz CT molecular complexity index is 504. The van der Waals surface area contributed by atoms with Crippen molar-refractivity contribution in [3.63, 3.8) is 0 Å². The van der Waals surface area contributed by atoms with Gasteiger partial charge in [0, 0.05) is 24.4 Å². The maximum absolute atomic E-state index is 13.2. The van der Waals surface area contributed by atoms with Crippen molar-refractivity contribution in [1.29, 1.82) is 0 Å². The first kappa shape index (κ1) is 17.8. The van der Waals surface area contributed by atoms with Gasteiger partial charge in [0.2, 0.25) is 0 Å². The van der Waals surface area contributed by atoms with Crippen molar-refractivity contribution in [2.75, 3.05) is 19.1 Å². The predicted molar refractivity (Wildman–Crippen MR) is 76.0 cm³/mol. The van der Waals surface area contributed by atoms with E-state index in [1.54, 1.807) is 18.8 Å². The zero-order chi connectivity index (χ0) is 16.2. The molecule has 2 nitrogen and oxygen atoms in total. The number of carbonyl (C=O) groups excluding carboxylic acids is 1. The van der Waals surface area contributed by atoms with Crippen LogP contribution in [0, 0.1) is 5.82 Å². The molecule has 118 valence electrons. The predicted octanol–water partition coefficient (Wildman–Crippen LogP) is 4.06. The molecule has 21 heavy (non-hydrogen) atoms. The number of hydrogen-bond donors (Lipinski definition) is 0. The smallest absolute Gasteiger partial charge is 0.338 e. The van der Waals surface area contributed by atoms with Crippen molar-refractivity contribution >= 4 is 17.7 Å². The van der Waals surface area contributed by atoms with Crippen LogP contribution in [-0.2, 0) is 6.18 Å². The fourth-order valence-electron chi connectivity index (χ4n) is 1.94. The summed E-state index contributed by atoms with van der Waals surface area (Å²) in [4.78, 5) is 13.6. The Morgan fingerprint density at radius 1 is 1.38 bits per heavy atom. The first-order valence-electron chi connectivity index (χ1n) is 6.35. The van der Waals surface area contributed by atoms with Gasteiger partial charge in [0.15, 0.2) is 0 Å². The fourth-order valence-corrected chi connectivity index (χ4v) is 2.78. The number of nitrogens with zero attached hydrogens (tertiary/aromatic N) is 1. The summed E-state index contributed by atoms with van der Waals surface area (Å²) in [6.45, 7) is 1.90. The number of hydrogen-bond acceptors (Lipinski definition) is 2. The zero-order valence-electron chi connectivity index (χ0n) is 12.0. The average Bonchev–Trinajstić information content (AvgIpc) is 2.42. The van der Waals surface area contributed by atoms with Gasteiger partial charge in [0.05, 0.1) is 5.56 Å². The van der Waals surface area contributed by atoms with Crippen LogP contribution < -0.4 is 0 Å². The van der Waals surface area contributed by atoms with Crippen LogP contribution in [0.4, 0.5) is 17.6 Å². The maximum atomic E-state index is 13.2. The van der Waals surface area contributed by atoms with E-state index in [4.69, 9.17) is 0 Å². The highest BCUT2D eigenvalue weighted by Gasteiger charge is 2.35. The summed E-state index contributed by atoms with van der Waals surface area (Å²) in [7, 11) is 1.54. The molecule has 0 fully saturated rings. The molecule has 0 bridgehead atoms. The standard InChI is InChI=1S/C14H17F4NOS/c1-4-10(8-21-3)19(2)13(20)9-5-6-12(15)11(7-9)14(16,17)18/h5-7,10H,4,8H2,1-3H3. The van der Waals surface area contributed by atoms with E-state index in [1.165, 1.54) is 4.90 Å². The van der Waals surface area contributed by atoms with E-state index in [1.807, 2.05) is 13.2 Å². The van der Waals surface area contributed by atoms with Crippen molar-refractivity contribution in [2.45, 2.75) is 25.6 Å². The minimum atomic E-state index is -4.82. The molecule has 0 saturated carbocycles. The first-order chi connectivity index (χ1) is 9.72. The molecule has 1 aromatic rings. The van der Waals surface area contributed by atoms with Gasteiger partial charge in [0.1, 0.15) is 5.82 Å². The highest BCUT2D eigenvalue weighted by molar-refractivity contribution is 7.98. The van der Waals surface area contributed by atoms with Crippen LogP contribution >= 0.6 is 11.8 Å². The van der Waals surface area contributed by atoms with Gasteiger partial charge in [-0.05, 0) is 30.9 Å². The lowest BCUT2D eigenvalue weighted by atomic mass is 10.1. The van der Waals surface area contributed by atoms with Crippen molar-refractivity contribution in [3.05, 3.63) is 35.1 Å². The largest absolute Gasteiger partial charge is 0.419 e. The molecule has 0 aliphatic heterocycles. The zero-order valence-corrected chi connectivity index (χ0v) is 12.8. The monoisotopic (exact) mass is 323 g/mol. The lowest BCUT2D eigenvalue weighted by Gasteiger charge is -2.27. The number of benzene rings is 1. The second-order valence-electron chi connectivity index (χ2n) is 4.63. The van der Waals surface area contributed by atoms with Crippen LogP contribution in [0.25, 0.3) is 0 Å². The average molecular weight is 323 g/mol. The number of rotatable bonds is 5. The second-order valence-corrected chi connectivity index (χ2v) is 5.54. The van der Waals surface area contributed by atoms with Crippen molar-refractivity contribution < 1.29 is 22.4 Å². The van der Waals surface area contributed by atoms with Gasteiger partial charge in [-0.2, -0.15) is 24.9 Å². The van der Waals surface area contributed by atoms with Gasteiger partial charge in [-0.1, -0.05) is 6.92 Å². The Balaban J connectivity index is 3.08. The topological polar surface area (TPSA) is 20.3 Å². The Morgan fingerprint density at radius 3 is 2.48 bits per heavy atom. The highest BCUT2D eigenvalue weighted by Crippen LogP contribution is 2.32. The lowest BCUT2D eigenvalue weighted by Crippen LogP contribution is -2.38. The number of halogens is 4. The first-order valence-corrected chi connectivity index (χ1v) is 7.74. The van der Waals surface area contributed by atoms with Gasteiger partial charge in [-0.25, -0.2) is 4.39 Å². The van der Waals surface area contributed by atoms with Crippen LogP contribution in [-0.4, -0.2) is 35.9 Å². The number of thioether (sulfide) groups is 1. The molecule has 0 heterocycles. The van der Waals surface area contributed by atoms with E-state index >= 15 is 0 Å². The summed E-state index contributed by atoms with van der Waals surface area (Å²) in [6.07, 6.45) is -2.24. The molecule has 1 aromatic carbocycles.